The van der Waals surface area contributed by atoms with E-state index < -0.39 is 0 Å². The van der Waals surface area contributed by atoms with Gasteiger partial charge in [-0.15, -0.1) is 0 Å². The maximum absolute atomic E-state index is 12.1. The van der Waals surface area contributed by atoms with Crippen molar-refractivity contribution < 1.29 is 13.9 Å². The Morgan fingerprint density at radius 3 is 2.74 bits per heavy atom. The molecule has 0 spiro atoms. The molecule has 3 aromatic rings. The van der Waals surface area contributed by atoms with Gasteiger partial charge in [-0.05, 0) is 12.1 Å². The number of aromatic nitrogens is 2. The molecule has 0 bridgehead atoms. The normalized spacial score (nSPS) is 10.8. The van der Waals surface area contributed by atoms with Crippen molar-refractivity contribution in [2.24, 2.45) is 0 Å². The van der Waals surface area contributed by atoms with Crippen LogP contribution in [0.3, 0.4) is 0 Å². The van der Waals surface area contributed by atoms with Crippen molar-refractivity contribution in [3.63, 3.8) is 0 Å². The van der Waals surface area contributed by atoms with Gasteiger partial charge in [0.15, 0.2) is 17.0 Å². The number of furan rings is 1. The first-order valence-electron chi connectivity index (χ1n) is 6.81. The van der Waals surface area contributed by atoms with Gasteiger partial charge in [0.25, 0.3) is 5.91 Å². The molecule has 0 atom stereocenters. The molecular formula is C16H14ClN3O3. The average Bonchev–Trinajstić information content (AvgIpc) is 2.99. The van der Waals surface area contributed by atoms with E-state index in [1.54, 1.807) is 44.7 Å². The van der Waals surface area contributed by atoms with E-state index >= 15 is 0 Å². The molecule has 118 valence electrons. The molecule has 3 heterocycles. The number of halogens is 1. The summed E-state index contributed by atoms with van der Waals surface area (Å²) >= 11 is 6.09. The van der Waals surface area contributed by atoms with Crippen LogP contribution in [0.5, 0.6) is 5.75 Å². The number of ether oxygens (including phenoxy) is 1. The van der Waals surface area contributed by atoms with Gasteiger partial charge in [-0.1, -0.05) is 11.6 Å². The van der Waals surface area contributed by atoms with Gasteiger partial charge in [0.1, 0.15) is 11.3 Å². The van der Waals surface area contributed by atoms with Crippen molar-refractivity contribution in [3.8, 4) is 17.1 Å². The maximum atomic E-state index is 12.1. The minimum absolute atomic E-state index is 0.234. The zero-order valence-corrected chi connectivity index (χ0v) is 13.6. The SMILES string of the molecule is COc1cc(-c2cc3nccc(Cl)c3o2)cnc1C(=O)N(C)C. The molecule has 1 amide bonds. The second-order valence-corrected chi connectivity index (χ2v) is 5.50. The third-order valence-electron chi connectivity index (χ3n) is 3.33. The van der Waals surface area contributed by atoms with E-state index in [1.807, 2.05) is 0 Å². The van der Waals surface area contributed by atoms with Crippen LogP contribution in [0.2, 0.25) is 5.02 Å². The summed E-state index contributed by atoms with van der Waals surface area (Å²) in [6.07, 6.45) is 3.17. The molecule has 6 nitrogen and oxygen atoms in total. The highest BCUT2D eigenvalue weighted by atomic mass is 35.5. The van der Waals surface area contributed by atoms with Gasteiger partial charge in [-0.3, -0.25) is 9.78 Å². The third-order valence-corrected chi connectivity index (χ3v) is 3.63. The van der Waals surface area contributed by atoms with Crippen molar-refractivity contribution in [3.05, 3.63) is 41.3 Å². The van der Waals surface area contributed by atoms with Crippen LogP contribution < -0.4 is 4.74 Å². The molecule has 0 aliphatic heterocycles. The Morgan fingerprint density at radius 1 is 1.30 bits per heavy atom. The molecule has 0 radical (unpaired) electrons. The average molecular weight is 332 g/mol. The first-order valence-corrected chi connectivity index (χ1v) is 7.19. The number of hydrogen-bond donors (Lipinski definition) is 0. The molecule has 0 aliphatic rings. The van der Waals surface area contributed by atoms with Crippen molar-refractivity contribution in [1.82, 2.24) is 14.9 Å². The van der Waals surface area contributed by atoms with Gasteiger partial charge in [-0.25, -0.2) is 4.98 Å². The molecule has 0 saturated carbocycles. The summed E-state index contributed by atoms with van der Waals surface area (Å²) in [7, 11) is 4.80. The highest BCUT2D eigenvalue weighted by Gasteiger charge is 2.18. The van der Waals surface area contributed by atoms with Crippen LogP contribution in [0.1, 0.15) is 10.5 Å². The van der Waals surface area contributed by atoms with Crippen LogP contribution >= 0.6 is 11.6 Å². The van der Waals surface area contributed by atoms with E-state index in [4.69, 9.17) is 20.8 Å². The Balaban J connectivity index is 2.09. The predicted octanol–water partition coefficient (Wildman–Crippen LogP) is 3.25. The van der Waals surface area contributed by atoms with Crippen molar-refractivity contribution in [2.45, 2.75) is 0 Å². The predicted molar refractivity (Wildman–Crippen MR) is 86.8 cm³/mol. The zero-order valence-electron chi connectivity index (χ0n) is 12.8. The van der Waals surface area contributed by atoms with Crippen LogP contribution in [0, 0.1) is 0 Å². The number of fused-ring (bicyclic) bond motifs is 1. The monoisotopic (exact) mass is 331 g/mol. The first-order chi connectivity index (χ1) is 11.0. The Hall–Kier alpha value is -2.60. The topological polar surface area (TPSA) is 68.5 Å². The van der Waals surface area contributed by atoms with E-state index in [0.29, 0.717) is 33.2 Å². The van der Waals surface area contributed by atoms with Gasteiger partial charge >= 0.3 is 0 Å². The maximum Gasteiger partial charge on any atom is 0.275 e. The van der Waals surface area contributed by atoms with E-state index in [1.165, 1.54) is 12.0 Å². The molecule has 0 unspecified atom stereocenters. The van der Waals surface area contributed by atoms with E-state index in [-0.39, 0.29) is 11.6 Å². The molecule has 0 fully saturated rings. The van der Waals surface area contributed by atoms with Crippen LogP contribution in [0.25, 0.3) is 22.4 Å². The fraction of sp³-hybridized carbons (Fsp3) is 0.188. The van der Waals surface area contributed by atoms with Gasteiger partial charge < -0.3 is 14.1 Å². The van der Waals surface area contributed by atoms with E-state index in [9.17, 15) is 4.79 Å². The van der Waals surface area contributed by atoms with Crippen LogP contribution in [0.4, 0.5) is 0 Å². The molecular weight excluding hydrogens is 318 g/mol. The van der Waals surface area contributed by atoms with Gasteiger partial charge in [0.05, 0.1) is 12.1 Å². The summed E-state index contributed by atoms with van der Waals surface area (Å²) in [5, 5.41) is 0.487. The number of amides is 1. The number of rotatable bonds is 3. The third kappa shape index (κ3) is 2.73. The molecule has 0 N–H and O–H groups in total. The standard InChI is InChI=1S/C16H14ClN3O3/c1-20(2)16(21)14-13(22-3)6-9(8-19-14)12-7-11-15(23-12)10(17)4-5-18-11/h4-8H,1-3H3. The highest BCUT2D eigenvalue weighted by molar-refractivity contribution is 6.34. The summed E-state index contributed by atoms with van der Waals surface area (Å²) in [6, 6.07) is 5.13. The number of carbonyl (C=O) groups is 1. The highest BCUT2D eigenvalue weighted by Crippen LogP contribution is 2.32. The Morgan fingerprint density at radius 2 is 2.09 bits per heavy atom. The fourth-order valence-electron chi connectivity index (χ4n) is 2.16. The zero-order chi connectivity index (χ0) is 16.6. The van der Waals surface area contributed by atoms with Crippen LogP contribution in [0.15, 0.2) is 35.0 Å². The minimum atomic E-state index is -0.234. The lowest BCUT2D eigenvalue weighted by Crippen LogP contribution is -2.23. The van der Waals surface area contributed by atoms with Crippen molar-refractivity contribution in [1.29, 1.82) is 0 Å². The van der Waals surface area contributed by atoms with Gasteiger partial charge in [0.2, 0.25) is 0 Å². The van der Waals surface area contributed by atoms with Crippen LogP contribution in [-0.4, -0.2) is 42.0 Å². The number of methoxy groups -OCH3 is 1. The smallest absolute Gasteiger partial charge is 0.275 e. The molecule has 3 rings (SSSR count). The Kier molecular flexibility index (Phi) is 3.92. The molecule has 3 aromatic heterocycles. The lowest BCUT2D eigenvalue weighted by atomic mass is 10.2. The molecule has 0 aliphatic carbocycles. The Bertz CT molecular complexity index is 889. The second kappa shape index (κ2) is 5.89. The molecule has 7 heteroatoms. The lowest BCUT2D eigenvalue weighted by Gasteiger charge is -2.12. The van der Waals surface area contributed by atoms with Crippen molar-refractivity contribution >= 4 is 28.6 Å². The number of pyridine rings is 2. The largest absolute Gasteiger partial charge is 0.494 e. The van der Waals surface area contributed by atoms with E-state index in [2.05, 4.69) is 9.97 Å². The van der Waals surface area contributed by atoms with Gasteiger partial charge in [0, 0.05) is 38.1 Å². The Labute approximate surface area is 137 Å². The summed E-state index contributed by atoms with van der Waals surface area (Å²) in [5.41, 5.74) is 2.08. The molecule has 0 aromatic carbocycles. The summed E-state index contributed by atoms with van der Waals surface area (Å²) in [6.45, 7) is 0. The number of nitrogens with zero attached hydrogens (tertiary/aromatic N) is 3. The van der Waals surface area contributed by atoms with E-state index in [0.717, 1.165) is 0 Å². The summed E-state index contributed by atoms with van der Waals surface area (Å²) in [5.74, 6) is 0.693. The minimum Gasteiger partial charge on any atom is -0.494 e. The lowest BCUT2D eigenvalue weighted by molar-refractivity contribution is 0.0818. The van der Waals surface area contributed by atoms with Gasteiger partial charge in [-0.2, -0.15) is 0 Å². The summed E-state index contributed by atoms with van der Waals surface area (Å²) < 4.78 is 11.0. The number of hydrogen-bond acceptors (Lipinski definition) is 5. The van der Waals surface area contributed by atoms with Crippen LogP contribution in [-0.2, 0) is 0 Å². The second-order valence-electron chi connectivity index (χ2n) is 5.09. The quantitative estimate of drug-likeness (QED) is 0.737. The van der Waals surface area contributed by atoms with Crippen molar-refractivity contribution in [2.75, 3.05) is 21.2 Å². The summed E-state index contributed by atoms with van der Waals surface area (Å²) in [4.78, 5) is 21.9. The fourth-order valence-corrected chi connectivity index (χ4v) is 2.35. The molecule has 23 heavy (non-hydrogen) atoms. The first kappa shape index (κ1) is 15.3. The molecule has 0 saturated heterocycles. The number of carbonyl (C=O) groups excluding carboxylic acids is 1.